The molecule has 0 aromatic heterocycles. The molecule has 0 spiro atoms. The summed E-state index contributed by atoms with van der Waals surface area (Å²) in [6.07, 6.45) is 0.475. The molecule has 2 aromatic rings. The molecule has 0 saturated heterocycles. The number of carboxylic acids is 1. The van der Waals surface area contributed by atoms with Crippen LogP contribution in [-0.2, 0) is 22.6 Å². The van der Waals surface area contributed by atoms with Crippen molar-refractivity contribution >= 4 is 11.9 Å². The number of aliphatic carboxylic acids is 1. The standard InChI is InChI=1S/C20H22FNO4/c1-14(10-16-4-3-5-17(21)11-16)20(25)22(2)12-15-6-8-18(9-7-15)26-13-19(23)24/h3-9,11,14H,10,12-13H2,1-2H3,(H,23,24). The molecule has 6 heteroatoms. The first-order valence-electron chi connectivity index (χ1n) is 8.28. The van der Waals surface area contributed by atoms with Gasteiger partial charge in [-0.2, -0.15) is 0 Å². The first-order valence-corrected chi connectivity index (χ1v) is 8.28. The molecule has 0 saturated carbocycles. The Bertz CT molecular complexity index is 761. The van der Waals surface area contributed by atoms with Crippen LogP contribution in [-0.4, -0.2) is 35.5 Å². The van der Waals surface area contributed by atoms with Crippen LogP contribution in [0.1, 0.15) is 18.1 Å². The minimum absolute atomic E-state index is 0.0273. The molecule has 0 fully saturated rings. The second-order valence-electron chi connectivity index (χ2n) is 6.26. The molecule has 0 aliphatic carbocycles. The van der Waals surface area contributed by atoms with E-state index in [1.165, 1.54) is 12.1 Å². The minimum Gasteiger partial charge on any atom is -0.482 e. The van der Waals surface area contributed by atoms with E-state index in [1.807, 2.05) is 13.0 Å². The van der Waals surface area contributed by atoms with Gasteiger partial charge in [0.25, 0.3) is 0 Å². The van der Waals surface area contributed by atoms with Crippen LogP contribution in [0.15, 0.2) is 48.5 Å². The van der Waals surface area contributed by atoms with Crippen LogP contribution < -0.4 is 4.74 Å². The number of carboxylic acid groups (broad SMARTS) is 1. The summed E-state index contributed by atoms with van der Waals surface area (Å²) in [6.45, 7) is 1.85. The number of halogens is 1. The maximum Gasteiger partial charge on any atom is 0.341 e. The normalized spacial score (nSPS) is 11.7. The highest BCUT2D eigenvalue weighted by atomic mass is 19.1. The maximum absolute atomic E-state index is 13.3. The molecule has 0 radical (unpaired) electrons. The molecular formula is C20H22FNO4. The third-order valence-electron chi connectivity index (χ3n) is 3.93. The van der Waals surface area contributed by atoms with Crippen molar-refractivity contribution in [1.82, 2.24) is 4.90 Å². The number of benzene rings is 2. The second kappa shape index (κ2) is 8.99. The van der Waals surface area contributed by atoms with Crippen LogP contribution in [0.4, 0.5) is 4.39 Å². The van der Waals surface area contributed by atoms with Crippen molar-refractivity contribution in [2.45, 2.75) is 19.9 Å². The average Bonchev–Trinajstić information content (AvgIpc) is 2.60. The van der Waals surface area contributed by atoms with E-state index in [4.69, 9.17) is 9.84 Å². The third kappa shape index (κ3) is 5.88. The topological polar surface area (TPSA) is 66.8 Å². The van der Waals surface area contributed by atoms with E-state index in [-0.39, 0.29) is 17.6 Å². The van der Waals surface area contributed by atoms with Gasteiger partial charge in [-0.1, -0.05) is 31.2 Å². The van der Waals surface area contributed by atoms with Crippen molar-refractivity contribution in [3.8, 4) is 5.75 Å². The summed E-state index contributed by atoms with van der Waals surface area (Å²) in [5.74, 6) is -1.17. The fourth-order valence-electron chi connectivity index (χ4n) is 2.67. The second-order valence-corrected chi connectivity index (χ2v) is 6.26. The molecule has 1 atom stereocenters. The maximum atomic E-state index is 13.3. The molecule has 26 heavy (non-hydrogen) atoms. The zero-order chi connectivity index (χ0) is 19.1. The molecule has 1 amide bonds. The van der Waals surface area contributed by atoms with Crippen LogP contribution in [0, 0.1) is 11.7 Å². The molecule has 1 unspecified atom stereocenters. The SMILES string of the molecule is CC(Cc1cccc(F)c1)C(=O)N(C)Cc1ccc(OCC(=O)O)cc1. The Kier molecular flexibility index (Phi) is 6.72. The highest BCUT2D eigenvalue weighted by Crippen LogP contribution is 2.16. The lowest BCUT2D eigenvalue weighted by molar-refractivity contribution is -0.139. The number of hydrogen-bond acceptors (Lipinski definition) is 3. The Labute approximate surface area is 152 Å². The summed E-state index contributed by atoms with van der Waals surface area (Å²) < 4.78 is 18.3. The summed E-state index contributed by atoms with van der Waals surface area (Å²) in [7, 11) is 1.72. The molecule has 0 aliphatic rings. The Morgan fingerprint density at radius 1 is 1.15 bits per heavy atom. The van der Waals surface area contributed by atoms with Crippen molar-refractivity contribution < 1.29 is 23.8 Å². The number of carbonyl (C=O) groups excluding carboxylic acids is 1. The zero-order valence-electron chi connectivity index (χ0n) is 14.8. The summed E-state index contributed by atoms with van der Waals surface area (Å²) in [5, 5.41) is 8.59. The van der Waals surface area contributed by atoms with Gasteiger partial charge in [-0.25, -0.2) is 9.18 Å². The number of nitrogens with zero attached hydrogens (tertiary/aromatic N) is 1. The fourth-order valence-corrected chi connectivity index (χ4v) is 2.67. The molecule has 0 aliphatic heterocycles. The van der Waals surface area contributed by atoms with Crippen LogP contribution in [0.25, 0.3) is 0 Å². The largest absolute Gasteiger partial charge is 0.482 e. The predicted molar refractivity (Wildman–Crippen MR) is 95.3 cm³/mol. The van der Waals surface area contributed by atoms with Crippen molar-refractivity contribution in [2.75, 3.05) is 13.7 Å². The summed E-state index contributed by atoms with van der Waals surface area (Å²) >= 11 is 0. The van der Waals surface area contributed by atoms with Crippen molar-refractivity contribution in [2.24, 2.45) is 5.92 Å². The van der Waals surface area contributed by atoms with Gasteiger partial charge in [0.15, 0.2) is 6.61 Å². The first-order chi connectivity index (χ1) is 12.3. The highest BCUT2D eigenvalue weighted by Gasteiger charge is 2.18. The average molecular weight is 359 g/mol. The lowest BCUT2D eigenvalue weighted by Gasteiger charge is -2.22. The summed E-state index contributed by atoms with van der Waals surface area (Å²) in [5.41, 5.74) is 1.70. The Hall–Kier alpha value is -2.89. The van der Waals surface area contributed by atoms with Gasteiger partial charge in [0.2, 0.25) is 5.91 Å². The van der Waals surface area contributed by atoms with Gasteiger partial charge < -0.3 is 14.7 Å². The quantitative estimate of drug-likeness (QED) is 0.786. The summed E-state index contributed by atoms with van der Waals surface area (Å²) in [4.78, 5) is 24.6. The van der Waals surface area contributed by atoms with E-state index in [0.717, 1.165) is 11.1 Å². The number of hydrogen-bond donors (Lipinski definition) is 1. The Morgan fingerprint density at radius 3 is 2.46 bits per heavy atom. The van der Waals surface area contributed by atoms with Crippen LogP contribution in [0.3, 0.4) is 0 Å². The Morgan fingerprint density at radius 2 is 1.85 bits per heavy atom. The van der Waals surface area contributed by atoms with Crippen molar-refractivity contribution in [3.05, 3.63) is 65.5 Å². The number of rotatable bonds is 8. The van der Waals surface area contributed by atoms with Crippen LogP contribution in [0.5, 0.6) is 5.75 Å². The lowest BCUT2D eigenvalue weighted by Crippen LogP contribution is -2.32. The molecular weight excluding hydrogens is 337 g/mol. The van der Waals surface area contributed by atoms with E-state index in [0.29, 0.717) is 18.7 Å². The van der Waals surface area contributed by atoms with Crippen LogP contribution in [0.2, 0.25) is 0 Å². The molecule has 2 rings (SSSR count). The van der Waals surface area contributed by atoms with E-state index < -0.39 is 12.6 Å². The first kappa shape index (κ1) is 19.4. The molecule has 138 valence electrons. The molecule has 0 bridgehead atoms. The zero-order valence-corrected chi connectivity index (χ0v) is 14.8. The predicted octanol–water partition coefficient (Wildman–Crippen LogP) is 3.13. The van der Waals surface area contributed by atoms with Crippen molar-refractivity contribution in [3.63, 3.8) is 0 Å². The number of amides is 1. The minimum atomic E-state index is -1.04. The van der Waals surface area contributed by atoms with Gasteiger partial charge >= 0.3 is 5.97 Å². The Balaban J connectivity index is 1.90. The summed E-state index contributed by atoms with van der Waals surface area (Å²) in [6, 6.07) is 13.2. The molecule has 0 heterocycles. The van der Waals surface area contributed by atoms with E-state index in [1.54, 1.807) is 42.3 Å². The number of carbonyl (C=O) groups is 2. The molecule has 2 aromatic carbocycles. The van der Waals surface area contributed by atoms with Gasteiger partial charge in [0, 0.05) is 19.5 Å². The van der Waals surface area contributed by atoms with Gasteiger partial charge in [0.1, 0.15) is 11.6 Å². The highest BCUT2D eigenvalue weighted by molar-refractivity contribution is 5.78. The molecule has 1 N–H and O–H groups in total. The number of ether oxygens (including phenoxy) is 1. The smallest absolute Gasteiger partial charge is 0.341 e. The van der Waals surface area contributed by atoms with Gasteiger partial charge in [-0.05, 0) is 41.8 Å². The van der Waals surface area contributed by atoms with Gasteiger partial charge in [-0.3, -0.25) is 4.79 Å². The van der Waals surface area contributed by atoms with Crippen LogP contribution >= 0.6 is 0 Å². The van der Waals surface area contributed by atoms with Gasteiger partial charge in [-0.15, -0.1) is 0 Å². The van der Waals surface area contributed by atoms with Crippen molar-refractivity contribution in [1.29, 1.82) is 0 Å². The third-order valence-corrected chi connectivity index (χ3v) is 3.93. The fraction of sp³-hybridized carbons (Fsp3) is 0.300. The van der Waals surface area contributed by atoms with E-state index in [2.05, 4.69) is 0 Å². The van der Waals surface area contributed by atoms with E-state index >= 15 is 0 Å². The monoisotopic (exact) mass is 359 g/mol. The van der Waals surface area contributed by atoms with E-state index in [9.17, 15) is 14.0 Å². The molecule has 5 nitrogen and oxygen atoms in total. The van der Waals surface area contributed by atoms with Gasteiger partial charge in [0.05, 0.1) is 0 Å². The lowest BCUT2D eigenvalue weighted by atomic mass is 9.99.